The third-order valence-electron chi connectivity index (χ3n) is 3.34. The molecule has 1 aromatic carbocycles. The van der Waals surface area contributed by atoms with Gasteiger partial charge in [0, 0.05) is 18.6 Å². The molecule has 0 radical (unpaired) electrons. The van der Waals surface area contributed by atoms with Crippen LogP contribution in [0.3, 0.4) is 0 Å². The summed E-state index contributed by atoms with van der Waals surface area (Å²) in [7, 11) is -3.39. The van der Waals surface area contributed by atoms with Crippen LogP contribution in [0.5, 0.6) is 0 Å². The Morgan fingerprint density at radius 3 is 2.72 bits per heavy atom. The van der Waals surface area contributed by atoms with E-state index in [2.05, 4.69) is 15.3 Å². The highest BCUT2D eigenvalue weighted by Crippen LogP contribution is 2.35. The van der Waals surface area contributed by atoms with Gasteiger partial charge in [-0.2, -0.15) is 0 Å². The molecule has 7 nitrogen and oxygen atoms in total. The Hall–Kier alpha value is -2.23. The zero-order valence-electron chi connectivity index (χ0n) is 13.2. The Balaban J connectivity index is 1.90. The van der Waals surface area contributed by atoms with Crippen molar-refractivity contribution in [2.45, 2.75) is 11.8 Å². The van der Waals surface area contributed by atoms with Crippen molar-refractivity contribution in [3.63, 3.8) is 0 Å². The van der Waals surface area contributed by atoms with E-state index >= 15 is 0 Å². The van der Waals surface area contributed by atoms with Crippen LogP contribution in [0.25, 0.3) is 10.4 Å². The first-order valence-electron chi connectivity index (χ1n) is 7.02. The van der Waals surface area contributed by atoms with Crippen LogP contribution in [0, 0.1) is 6.92 Å². The smallest absolute Gasteiger partial charge is 0.283 e. The van der Waals surface area contributed by atoms with Gasteiger partial charge in [0.05, 0.1) is 20.5 Å². The molecule has 0 aliphatic heterocycles. The van der Waals surface area contributed by atoms with E-state index in [4.69, 9.17) is 11.6 Å². The molecule has 3 rings (SSSR count). The Labute approximate surface area is 153 Å². The van der Waals surface area contributed by atoms with Gasteiger partial charge in [0.1, 0.15) is 6.33 Å². The first-order valence-corrected chi connectivity index (χ1v) is 10.1. The largest absolute Gasteiger partial charge is 0.333 e. The minimum atomic E-state index is -3.39. The molecule has 25 heavy (non-hydrogen) atoms. The highest BCUT2D eigenvalue weighted by Gasteiger charge is 2.16. The van der Waals surface area contributed by atoms with Gasteiger partial charge in [-0.1, -0.05) is 29.0 Å². The zero-order valence-corrected chi connectivity index (χ0v) is 15.6. The number of thiazole rings is 1. The van der Waals surface area contributed by atoms with E-state index < -0.39 is 9.84 Å². The second-order valence-electron chi connectivity index (χ2n) is 5.25. The van der Waals surface area contributed by atoms with Gasteiger partial charge in [0.25, 0.3) is 0 Å². The molecule has 10 heteroatoms. The maximum Gasteiger partial charge on any atom is 0.333 e. The second-order valence-corrected chi connectivity index (χ2v) is 8.64. The van der Waals surface area contributed by atoms with E-state index in [0.717, 1.165) is 16.7 Å². The fourth-order valence-corrected chi connectivity index (χ4v) is 4.48. The van der Waals surface area contributed by atoms with Gasteiger partial charge in [-0.3, -0.25) is 9.88 Å². The van der Waals surface area contributed by atoms with Crippen molar-refractivity contribution >= 4 is 43.9 Å². The summed E-state index contributed by atoms with van der Waals surface area (Å²) in [5.74, 6) is 0. The summed E-state index contributed by atoms with van der Waals surface area (Å²) in [5, 5.41) is 3.26. The predicted octanol–water partition coefficient (Wildman–Crippen LogP) is 3.45. The number of amides is 1. The van der Waals surface area contributed by atoms with E-state index in [1.165, 1.54) is 40.7 Å². The number of halogens is 1. The Kier molecular flexibility index (Phi) is 4.63. The number of imidazole rings is 1. The summed E-state index contributed by atoms with van der Waals surface area (Å²) < 4.78 is 24.6. The average Bonchev–Trinajstić information content (AvgIpc) is 3.15. The molecule has 0 unspecified atom stereocenters. The van der Waals surface area contributed by atoms with E-state index in [1.807, 2.05) is 0 Å². The molecule has 0 spiro atoms. The quantitative estimate of drug-likeness (QED) is 0.731. The fourth-order valence-electron chi connectivity index (χ4n) is 2.20. The number of carbonyl (C=O) groups excluding carboxylic acids is 1. The van der Waals surface area contributed by atoms with Crippen LogP contribution in [-0.4, -0.2) is 35.2 Å². The minimum Gasteiger partial charge on any atom is -0.283 e. The van der Waals surface area contributed by atoms with Crippen molar-refractivity contribution in [1.29, 1.82) is 0 Å². The fraction of sp³-hybridized carbons (Fsp3) is 0.133. The number of aryl methyl sites for hydroxylation is 1. The molecule has 2 aromatic heterocycles. The van der Waals surface area contributed by atoms with Crippen LogP contribution < -0.4 is 5.32 Å². The average molecular weight is 397 g/mol. The molecule has 0 saturated carbocycles. The van der Waals surface area contributed by atoms with Gasteiger partial charge < -0.3 is 0 Å². The summed E-state index contributed by atoms with van der Waals surface area (Å²) in [5.41, 5.74) is 1.43. The Morgan fingerprint density at radius 1 is 1.36 bits per heavy atom. The lowest BCUT2D eigenvalue weighted by atomic mass is 10.2. The van der Waals surface area contributed by atoms with Crippen molar-refractivity contribution in [3.8, 4) is 10.4 Å². The minimum absolute atomic E-state index is 0.0775. The van der Waals surface area contributed by atoms with Crippen molar-refractivity contribution in [3.05, 3.63) is 47.6 Å². The zero-order chi connectivity index (χ0) is 18.2. The summed E-state index contributed by atoms with van der Waals surface area (Å²) in [6.07, 6.45) is 5.53. The van der Waals surface area contributed by atoms with Gasteiger partial charge >= 0.3 is 6.03 Å². The van der Waals surface area contributed by atoms with Crippen LogP contribution in [0.1, 0.15) is 5.69 Å². The van der Waals surface area contributed by atoms with Gasteiger partial charge in [0.15, 0.2) is 15.0 Å². The topological polar surface area (TPSA) is 93.9 Å². The molecule has 1 N–H and O–H groups in total. The van der Waals surface area contributed by atoms with Gasteiger partial charge in [0.2, 0.25) is 0 Å². The number of hydrogen-bond donors (Lipinski definition) is 1. The lowest BCUT2D eigenvalue weighted by Gasteiger charge is -2.04. The lowest BCUT2D eigenvalue weighted by Crippen LogP contribution is -2.17. The third kappa shape index (κ3) is 3.73. The predicted molar refractivity (Wildman–Crippen MR) is 97.1 cm³/mol. The molecule has 2 heterocycles. The number of aromatic nitrogens is 3. The van der Waals surface area contributed by atoms with Crippen molar-refractivity contribution in [2.75, 3.05) is 11.6 Å². The van der Waals surface area contributed by atoms with Gasteiger partial charge in [-0.15, -0.1) is 0 Å². The first-order chi connectivity index (χ1) is 11.8. The number of rotatable bonds is 3. The molecule has 130 valence electrons. The molecule has 0 atom stereocenters. The SMILES string of the molecule is Cc1nc(NC(=O)n2ccnc2)sc1-c1ccc(S(C)(=O)=O)c(Cl)c1. The lowest BCUT2D eigenvalue weighted by molar-refractivity contribution is 0.253. The molecule has 0 fully saturated rings. The molecule has 0 saturated heterocycles. The summed E-state index contributed by atoms with van der Waals surface area (Å²) in [6.45, 7) is 1.80. The van der Waals surface area contributed by atoms with E-state index in [0.29, 0.717) is 10.8 Å². The maximum atomic E-state index is 12.0. The van der Waals surface area contributed by atoms with Crippen molar-refractivity contribution in [1.82, 2.24) is 14.5 Å². The number of sulfone groups is 1. The Morgan fingerprint density at radius 2 is 2.12 bits per heavy atom. The molecule has 0 aliphatic carbocycles. The molecular formula is C15H13ClN4O3S2. The van der Waals surface area contributed by atoms with Gasteiger partial charge in [-0.05, 0) is 24.6 Å². The van der Waals surface area contributed by atoms with Gasteiger partial charge in [-0.25, -0.2) is 23.2 Å². The first kappa shape index (κ1) is 17.6. The number of nitrogens with one attached hydrogen (secondary N) is 1. The summed E-state index contributed by atoms with van der Waals surface area (Å²) >= 11 is 7.38. The van der Waals surface area contributed by atoms with E-state index in [-0.39, 0.29) is 15.9 Å². The number of benzene rings is 1. The van der Waals surface area contributed by atoms with Crippen LogP contribution >= 0.6 is 22.9 Å². The number of hydrogen-bond acceptors (Lipinski definition) is 6. The van der Waals surface area contributed by atoms with Crippen LogP contribution in [0.4, 0.5) is 9.93 Å². The summed E-state index contributed by atoms with van der Waals surface area (Å²) in [6, 6.07) is 4.35. The monoisotopic (exact) mass is 396 g/mol. The van der Waals surface area contributed by atoms with Crippen LogP contribution in [0.2, 0.25) is 5.02 Å². The molecule has 0 aliphatic rings. The highest BCUT2D eigenvalue weighted by atomic mass is 35.5. The van der Waals surface area contributed by atoms with E-state index in [1.54, 1.807) is 19.1 Å². The molecule has 1 amide bonds. The summed E-state index contributed by atoms with van der Waals surface area (Å²) in [4.78, 5) is 21.0. The Bertz CT molecular complexity index is 1040. The number of anilines is 1. The van der Waals surface area contributed by atoms with Crippen LogP contribution in [0.15, 0.2) is 41.8 Å². The number of nitrogens with zero attached hydrogens (tertiary/aromatic N) is 3. The maximum absolute atomic E-state index is 12.0. The molecule has 0 bridgehead atoms. The normalized spacial score (nSPS) is 11.5. The standard InChI is InChI=1S/C15H13ClN4O3S2/c1-9-13(10-3-4-12(11(16)7-10)25(2,22)23)24-14(18-9)19-15(21)20-6-5-17-8-20/h3-8H,1-2H3,(H,18,19,21). The van der Waals surface area contributed by atoms with Crippen LogP contribution in [-0.2, 0) is 9.84 Å². The van der Waals surface area contributed by atoms with Crippen molar-refractivity contribution in [2.24, 2.45) is 0 Å². The molecular weight excluding hydrogens is 384 g/mol. The molecule has 3 aromatic rings. The van der Waals surface area contributed by atoms with Crippen molar-refractivity contribution < 1.29 is 13.2 Å². The third-order valence-corrected chi connectivity index (χ3v) is 6.04. The second kappa shape index (κ2) is 6.58. The number of carbonyl (C=O) groups is 1. The highest BCUT2D eigenvalue weighted by molar-refractivity contribution is 7.90. The van der Waals surface area contributed by atoms with E-state index in [9.17, 15) is 13.2 Å².